The quantitative estimate of drug-likeness (QED) is 0.678. The lowest BCUT2D eigenvalue weighted by Crippen LogP contribution is -2.31. The smallest absolute Gasteiger partial charge is 0.408 e. The zero-order valence-corrected chi connectivity index (χ0v) is 12.0. The molecule has 3 rings (SSSR count). The van der Waals surface area contributed by atoms with Gasteiger partial charge in [-0.1, -0.05) is 5.16 Å². The summed E-state index contributed by atoms with van der Waals surface area (Å²) in [4.78, 5) is 25.7. The lowest BCUT2D eigenvalue weighted by molar-refractivity contribution is -0.116. The number of anilines is 2. The topological polar surface area (TPSA) is 113 Å². The molecule has 0 spiro atoms. The SMILES string of the molecule is Cc1cc(NC(=O)[C@@H](C)Nc2ccc3oc(=O)[nH]c3c2)no1. The molecule has 1 aromatic carbocycles. The van der Waals surface area contributed by atoms with Crippen LogP contribution in [0.3, 0.4) is 0 Å². The van der Waals surface area contributed by atoms with Crippen molar-refractivity contribution in [3.05, 3.63) is 40.6 Å². The van der Waals surface area contributed by atoms with Crippen LogP contribution in [-0.4, -0.2) is 22.1 Å². The van der Waals surface area contributed by atoms with Gasteiger partial charge in [-0.3, -0.25) is 9.78 Å². The predicted octanol–water partition coefficient (Wildman–Crippen LogP) is 1.86. The number of hydrogen-bond acceptors (Lipinski definition) is 6. The number of carbonyl (C=O) groups excluding carboxylic acids is 1. The number of aryl methyl sites for hydroxylation is 1. The summed E-state index contributed by atoms with van der Waals surface area (Å²) in [5.41, 5.74) is 1.71. The van der Waals surface area contributed by atoms with Gasteiger partial charge in [0.15, 0.2) is 11.4 Å². The van der Waals surface area contributed by atoms with Crippen molar-refractivity contribution < 1.29 is 13.7 Å². The standard InChI is InChI=1S/C14H14N4O4/c1-7-5-12(18-22-7)17-13(19)8(2)15-9-3-4-11-10(6-9)16-14(20)21-11/h3-6,8,15H,1-2H3,(H,16,20)(H,17,18,19)/t8-/m1/s1. The Morgan fingerprint density at radius 3 is 2.91 bits per heavy atom. The number of oxazole rings is 1. The first-order valence-electron chi connectivity index (χ1n) is 6.65. The Morgan fingerprint density at radius 2 is 2.18 bits per heavy atom. The van der Waals surface area contributed by atoms with Crippen LogP contribution in [0.15, 0.2) is 38.0 Å². The van der Waals surface area contributed by atoms with Gasteiger partial charge in [-0.05, 0) is 32.0 Å². The Hall–Kier alpha value is -3.03. The molecule has 2 aromatic heterocycles. The number of fused-ring (bicyclic) bond motifs is 1. The molecule has 22 heavy (non-hydrogen) atoms. The van der Waals surface area contributed by atoms with Crippen molar-refractivity contribution in [1.29, 1.82) is 0 Å². The maximum absolute atomic E-state index is 12.1. The molecule has 1 atom stereocenters. The Balaban J connectivity index is 1.70. The third-order valence-corrected chi connectivity index (χ3v) is 3.07. The molecule has 0 saturated carbocycles. The van der Waals surface area contributed by atoms with E-state index in [1.807, 2.05) is 0 Å². The van der Waals surface area contributed by atoms with Crippen LogP contribution in [0.2, 0.25) is 0 Å². The first kappa shape index (κ1) is 13.9. The number of H-pyrrole nitrogens is 1. The monoisotopic (exact) mass is 302 g/mol. The summed E-state index contributed by atoms with van der Waals surface area (Å²) in [7, 11) is 0. The van der Waals surface area contributed by atoms with Crippen LogP contribution < -0.4 is 16.4 Å². The minimum atomic E-state index is -0.514. The van der Waals surface area contributed by atoms with E-state index in [9.17, 15) is 9.59 Å². The molecule has 3 N–H and O–H groups in total. The van der Waals surface area contributed by atoms with Crippen molar-refractivity contribution >= 4 is 28.5 Å². The molecule has 0 aliphatic carbocycles. The summed E-state index contributed by atoms with van der Waals surface area (Å²) >= 11 is 0. The Kier molecular flexibility index (Phi) is 3.42. The summed E-state index contributed by atoms with van der Waals surface area (Å²) in [6.45, 7) is 3.45. The second-order valence-corrected chi connectivity index (χ2v) is 4.90. The number of benzene rings is 1. The summed E-state index contributed by atoms with van der Waals surface area (Å²) in [6.07, 6.45) is 0. The highest BCUT2D eigenvalue weighted by molar-refractivity contribution is 5.95. The molecule has 0 fully saturated rings. The number of nitrogens with one attached hydrogen (secondary N) is 3. The molecule has 0 aliphatic rings. The molecule has 0 bridgehead atoms. The first-order valence-corrected chi connectivity index (χ1v) is 6.65. The number of rotatable bonds is 4. The summed E-state index contributed by atoms with van der Waals surface area (Å²) in [5, 5.41) is 9.38. The molecular weight excluding hydrogens is 288 g/mol. The zero-order chi connectivity index (χ0) is 15.7. The van der Waals surface area contributed by atoms with Crippen LogP contribution in [0.25, 0.3) is 11.1 Å². The maximum Gasteiger partial charge on any atom is 0.417 e. The van der Waals surface area contributed by atoms with Crippen LogP contribution in [0.5, 0.6) is 0 Å². The molecular formula is C14H14N4O4. The molecule has 0 aliphatic heterocycles. The van der Waals surface area contributed by atoms with Crippen molar-refractivity contribution in [2.45, 2.75) is 19.9 Å². The van der Waals surface area contributed by atoms with Gasteiger partial charge in [0, 0.05) is 11.8 Å². The largest absolute Gasteiger partial charge is 0.417 e. The van der Waals surface area contributed by atoms with Gasteiger partial charge >= 0.3 is 5.76 Å². The third kappa shape index (κ3) is 2.85. The predicted molar refractivity (Wildman–Crippen MR) is 79.8 cm³/mol. The number of aromatic amines is 1. The molecule has 1 amide bonds. The number of carbonyl (C=O) groups is 1. The fourth-order valence-corrected chi connectivity index (χ4v) is 2.02. The van der Waals surface area contributed by atoms with Crippen LogP contribution in [0.4, 0.5) is 11.5 Å². The lowest BCUT2D eigenvalue weighted by Gasteiger charge is -2.14. The van der Waals surface area contributed by atoms with Crippen LogP contribution >= 0.6 is 0 Å². The van der Waals surface area contributed by atoms with Crippen LogP contribution in [-0.2, 0) is 4.79 Å². The van der Waals surface area contributed by atoms with Crippen molar-refractivity contribution in [1.82, 2.24) is 10.1 Å². The highest BCUT2D eigenvalue weighted by Crippen LogP contribution is 2.17. The molecule has 2 heterocycles. The van der Waals surface area contributed by atoms with Gasteiger partial charge in [0.2, 0.25) is 5.91 Å². The Labute approximate surface area is 124 Å². The van der Waals surface area contributed by atoms with E-state index in [4.69, 9.17) is 8.94 Å². The van der Waals surface area contributed by atoms with E-state index < -0.39 is 11.8 Å². The van der Waals surface area contributed by atoms with Crippen molar-refractivity contribution in [3.8, 4) is 0 Å². The first-order chi connectivity index (χ1) is 10.5. The molecule has 3 aromatic rings. The van der Waals surface area contributed by atoms with Crippen LogP contribution in [0, 0.1) is 6.92 Å². The number of nitrogens with zero attached hydrogens (tertiary/aromatic N) is 1. The van der Waals surface area contributed by atoms with E-state index in [1.54, 1.807) is 38.1 Å². The molecule has 0 radical (unpaired) electrons. The van der Waals surface area contributed by atoms with Gasteiger partial charge in [-0.25, -0.2) is 4.79 Å². The van der Waals surface area contributed by atoms with E-state index in [-0.39, 0.29) is 5.91 Å². The van der Waals surface area contributed by atoms with Gasteiger partial charge in [0.25, 0.3) is 0 Å². The van der Waals surface area contributed by atoms with Gasteiger partial charge in [0.05, 0.1) is 5.52 Å². The van der Waals surface area contributed by atoms with E-state index in [0.717, 1.165) is 0 Å². The van der Waals surface area contributed by atoms with Gasteiger partial charge in [-0.2, -0.15) is 0 Å². The Morgan fingerprint density at radius 1 is 1.36 bits per heavy atom. The minimum Gasteiger partial charge on any atom is -0.408 e. The lowest BCUT2D eigenvalue weighted by atomic mass is 10.2. The highest BCUT2D eigenvalue weighted by Gasteiger charge is 2.15. The second kappa shape index (κ2) is 5.40. The van der Waals surface area contributed by atoms with E-state index in [0.29, 0.717) is 28.4 Å². The molecule has 8 nitrogen and oxygen atoms in total. The average Bonchev–Trinajstić information content (AvgIpc) is 3.03. The number of amides is 1. The fraction of sp³-hybridized carbons (Fsp3) is 0.214. The highest BCUT2D eigenvalue weighted by atomic mass is 16.5. The second-order valence-electron chi connectivity index (χ2n) is 4.90. The Bertz CT molecular complexity index is 876. The normalized spacial score (nSPS) is 12.3. The van der Waals surface area contributed by atoms with E-state index in [1.165, 1.54) is 0 Å². The number of aromatic nitrogens is 2. The van der Waals surface area contributed by atoms with Gasteiger partial charge < -0.3 is 19.6 Å². The molecule has 0 saturated heterocycles. The van der Waals surface area contributed by atoms with Crippen molar-refractivity contribution in [2.24, 2.45) is 0 Å². The zero-order valence-electron chi connectivity index (χ0n) is 12.0. The third-order valence-electron chi connectivity index (χ3n) is 3.07. The van der Waals surface area contributed by atoms with Crippen molar-refractivity contribution in [2.75, 3.05) is 10.6 Å². The molecule has 8 heteroatoms. The summed E-state index contributed by atoms with van der Waals surface area (Å²) in [6, 6.07) is 6.20. The average molecular weight is 302 g/mol. The van der Waals surface area contributed by atoms with Crippen molar-refractivity contribution in [3.63, 3.8) is 0 Å². The minimum absolute atomic E-state index is 0.255. The number of hydrogen-bond donors (Lipinski definition) is 3. The fourth-order valence-electron chi connectivity index (χ4n) is 2.02. The molecule has 0 unspecified atom stereocenters. The van der Waals surface area contributed by atoms with E-state index >= 15 is 0 Å². The summed E-state index contributed by atoms with van der Waals surface area (Å²) < 4.78 is 9.80. The molecule has 114 valence electrons. The van der Waals surface area contributed by atoms with Gasteiger partial charge in [-0.15, -0.1) is 0 Å². The van der Waals surface area contributed by atoms with Gasteiger partial charge in [0.1, 0.15) is 11.8 Å². The summed E-state index contributed by atoms with van der Waals surface area (Å²) in [5.74, 6) is 0.212. The van der Waals surface area contributed by atoms with E-state index in [2.05, 4.69) is 20.8 Å². The maximum atomic E-state index is 12.1. The van der Waals surface area contributed by atoms with Crippen LogP contribution in [0.1, 0.15) is 12.7 Å².